The van der Waals surface area contributed by atoms with Crippen LogP contribution in [0.2, 0.25) is 0 Å². The van der Waals surface area contributed by atoms with Crippen LogP contribution < -0.4 is 0 Å². The van der Waals surface area contributed by atoms with E-state index in [1.54, 1.807) is 0 Å². The number of carbonyl (C=O) groups is 3. The fraction of sp³-hybridized carbons (Fsp3) is 0.847. The molecule has 0 unspecified atom stereocenters. The van der Waals surface area contributed by atoms with Gasteiger partial charge in [0.1, 0.15) is 13.2 Å². The van der Waals surface area contributed by atoms with Crippen LogP contribution in [0.4, 0.5) is 0 Å². The molecule has 0 aromatic rings. The first-order valence-electron chi connectivity index (χ1n) is 28.5. The summed E-state index contributed by atoms with van der Waals surface area (Å²) in [7, 11) is 0. The molecule has 0 rings (SSSR count). The van der Waals surface area contributed by atoms with Crippen molar-refractivity contribution in [3.05, 3.63) is 36.5 Å². The Kier molecular flexibility index (Phi) is 52.3. The molecule has 0 aromatic heterocycles. The van der Waals surface area contributed by atoms with Crippen LogP contribution in [0, 0.1) is 0 Å². The summed E-state index contributed by atoms with van der Waals surface area (Å²) < 4.78 is 16.9. The third-order valence-electron chi connectivity index (χ3n) is 12.6. The maximum Gasteiger partial charge on any atom is 0.306 e. The van der Waals surface area contributed by atoms with Crippen LogP contribution in [-0.4, -0.2) is 37.2 Å². The zero-order valence-electron chi connectivity index (χ0n) is 43.5. The fourth-order valence-electron chi connectivity index (χ4n) is 8.29. The number of hydrogen-bond acceptors (Lipinski definition) is 6. The lowest BCUT2D eigenvalue weighted by Gasteiger charge is -2.18. The Labute approximate surface area is 404 Å². The van der Waals surface area contributed by atoms with E-state index >= 15 is 0 Å². The molecule has 0 saturated carbocycles. The van der Waals surface area contributed by atoms with Crippen molar-refractivity contribution in [2.75, 3.05) is 13.2 Å². The van der Waals surface area contributed by atoms with E-state index in [0.717, 1.165) is 83.5 Å². The zero-order chi connectivity index (χ0) is 47.2. The van der Waals surface area contributed by atoms with Crippen LogP contribution in [0.3, 0.4) is 0 Å². The molecule has 1 atom stereocenters. The maximum atomic E-state index is 12.8. The smallest absolute Gasteiger partial charge is 0.306 e. The normalized spacial score (nSPS) is 12.2. The van der Waals surface area contributed by atoms with Crippen LogP contribution in [0.25, 0.3) is 0 Å². The summed E-state index contributed by atoms with van der Waals surface area (Å²) in [5.41, 5.74) is 0. The predicted molar refractivity (Wildman–Crippen MR) is 279 cm³/mol. The summed E-state index contributed by atoms with van der Waals surface area (Å²) in [5, 5.41) is 0. The molecular weight excluding hydrogens is 805 g/mol. The second kappa shape index (κ2) is 54.2. The highest BCUT2D eigenvalue weighted by Crippen LogP contribution is 2.16. The molecule has 0 aliphatic carbocycles. The zero-order valence-corrected chi connectivity index (χ0v) is 43.5. The molecule has 0 saturated heterocycles. The van der Waals surface area contributed by atoms with E-state index in [9.17, 15) is 14.4 Å². The highest BCUT2D eigenvalue weighted by atomic mass is 16.6. The number of unbranched alkanes of at least 4 members (excludes halogenated alkanes) is 35. The molecule has 0 bridgehead atoms. The van der Waals surface area contributed by atoms with Gasteiger partial charge >= 0.3 is 17.9 Å². The van der Waals surface area contributed by atoms with Gasteiger partial charge in [0, 0.05) is 19.3 Å². The Morgan fingerprint density at radius 3 is 0.892 bits per heavy atom. The third kappa shape index (κ3) is 52.5. The number of hydrogen-bond donors (Lipinski definition) is 0. The van der Waals surface area contributed by atoms with Gasteiger partial charge in [0.15, 0.2) is 6.10 Å². The van der Waals surface area contributed by atoms with Gasteiger partial charge in [-0.1, -0.05) is 243 Å². The number of ether oxygens (including phenoxy) is 3. The molecule has 0 amide bonds. The van der Waals surface area contributed by atoms with Crippen molar-refractivity contribution >= 4 is 17.9 Å². The molecule has 0 fully saturated rings. The van der Waals surface area contributed by atoms with E-state index in [0.29, 0.717) is 19.3 Å². The lowest BCUT2D eigenvalue weighted by atomic mass is 10.0. The van der Waals surface area contributed by atoms with Gasteiger partial charge in [0.25, 0.3) is 0 Å². The van der Waals surface area contributed by atoms with Crippen molar-refractivity contribution in [3.8, 4) is 0 Å². The number of allylic oxidation sites excluding steroid dienone is 6. The first-order valence-corrected chi connectivity index (χ1v) is 28.5. The van der Waals surface area contributed by atoms with Crippen LogP contribution in [-0.2, 0) is 28.6 Å². The van der Waals surface area contributed by atoms with Crippen molar-refractivity contribution in [1.29, 1.82) is 0 Å². The van der Waals surface area contributed by atoms with E-state index < -0.39 is 6.10 Å². The summed E-state index contributed by atoms with van der Waals surface area (Å²) in [5.74, 6) is -0.883. The van der Waals surface area contributed by atoms with Crippen molar-refractivity contribution in [2.45, 2.75) is 309 Å². The molecule has 65 heavy (non-hydrogen) atoms. The maximum absolute atomic E-state index is 12.8. The first kappa shape index (κ1) is 62.6. The number of carbonyl (C=O) groups excluding carboxylic acids is 3. The summed E-state index contributed by atoms with van der Waals surface area (Å²) in [6, 6.07) is 0. The first-order chi connectivity index (χ1) is 32.0. The van der Waals surface area contributed by atoms with E-state index in [1.807, 2.05) is 0 Å². The van der Waals surface area contributed by atoms with E-state index in [4.69, 9.17) is 14.2 Å². The van der Waals surface area contributed by atoms with Crippen molar-refractivity contribution in [2.24, 2.45) is 0 Å². The Morgan fingerprint density at radius 2 is 0.554 bits per heavy atom. The Morgan fingerprint density at radius 1 is 0.308 bits per heavy atom. The predicted octanol–water partition coefficient (Wildman–Crippen LogP) is 18.9. The van der Waals surface area contributed by atoms with Gasteiger partial charge in [-0.25, -0.2) is 0 Å². The minimum Gasteiger partial charge on any atom is -0.462 e. The van der Waals surface area contributed by atoms with Gasteiger partial charge in [-0.15, -0.1) is 0 Å². The molecule has 0 spiro atoms. The summed E-state index contributed by atoms with van der Waals surface area (Å²) >= 11 is 0. The number of rotatable bonds is 52. The quantitative estimate of drug-likeness (QED) is 0.0262. The average Bonchev–Trinajstić information content (AvgIpc) is 3.30. The second-order valence-corrected chi connectivity index (χ2v) is 19.2. The van der Waals surface area contributed by atoms with Gasteiger partial charge < -0.3 is 14.2 Å². The molecule has 0 aromatic carbocycles. The molecule has 6 nitrogen and oxygen atoms in total. The third-order valence-corrected chi connectivity index (χ3v) is 12.6. The van der Waals surface area contributed by atoms with Crippen LogP contribution >= 0.6 is 0 Å². The highest BCUT2D eigenvalue weighted by molar-refractivity contribution is 5.71. The van der Waals surface area contributed by atoms with Gasteiger partial charge in [-0.3, -0.25) is 14.4 Å². The number of esters is 3. The average molecular weight is 914 g/mol. The highest BCUT2D eigenvalue weighted by Gasteiger charge is 2.19. The standard InChI is InChI=1S/C59H108O6/c1-4-7-10-13-16-19-22-25-28-29-32-34-37-40-43-46-49-52-58(61)64-55-56(65-59(62)53-50-47-44-41-38-35-31-27-24-21-18-15-12-9-6-3)54-63-57(60)51-48-45-42-39-36-33-30-26-23-20-17-14-11-8-5-2/h17,20,26-27,30-31,56H,4-16,18-19,21-25,28-29,32-55H2,1-3H3/b20-17-,30-26-,31-27-/t56-/m1/s1. The largest absolute Gasteiger partial charge is 0.462 e. The Hall–Kier alpha value is -2.37. The lowest BCUT2D eigenvalue weighted by molar-refractivity contribution is -0.167. The molecule has 380 valence electrons. The molecule has 0 heterocycles. The van der Waals surface area contributed by atoms with Crippen molar-refractivity contribution < 1.29 is 28.6 Å². The Balaban J connectivity index is 4.37. The minimum atomic E-state index is -0.779. The second-order valence-electron chi connectivity index (χ2n) is 19.2. The lowest BCUT2D eigenvalue weighted by Crippen LogP contribution is -2.30. The van der Waals surface area contributed by atoms with Gasteiger partial charge in [0.05, 0.1) is 0 Å². The molecular formula is C59H108O6. The van der Waals surface area contributed by atoms with Gasteiger partial charge in [0.2, 0.25) is 0 Å². The SMILES string of the molecule is CCCCC/C=C\C/C=C\CCCCCCCC(=O)OC[C@H](COC(=O)CCCCCCCCCCCCCCCCCCC)OC(=O)CCCCCCC/C=C\CCCCCCCC. The summed E-state index contributed by atoms with van der Waals surface area (Å²) in [6.45, 7) is 6.63. The topological polar surface area (TPSA) is 78.9 Å². The van der Waals surface area contributed by atoms with Crippen molar-refractivity contribution in [3.63, 3.8) is 0 Å². The fourth-order valence-corrected chi connectivity index (χ4v) is 8.29. The molecule has 0 radical (unpaired) electrons. The monoisotopic (exact) mass is 913 g/mol. The summed E-state index contributed by atoms with van der Waals surface area (Å²) in [6.07, 6.45) is 64.1. The molecule has 6 heteroatoms. The van der Waals surface area contributed by atoms with Gasteiger partial charge in [-0.05, 0) is 77.0 Å². The van der Waals surface area contributed by atoms with Crippen molar-refractivity contribution in [1.82, 2.24) is 0 Å². The molecule has 0 N–H and O–H groups in total. The van der Waals surface area contributed by atoms with E-state index in [1.165, 1.54) is 180 Å². The minimum absolute atomic E-state index is 0.0765. The van der Waals surface area contributed by atoms with E-state index in [2.05, 4.69) is 57.2 Å². The molecule has 0 aliphatic rings. The Bertz CT molecular complexity index is 1090. The van der Waals surface area contributed by atoms with Crippen LogP contribution in [0.15, 0.2) is 36.5 Å². The summed E-state index contributed by atoms with van der Waals surface area (Å²) in [4.78, 5) is 38.1. The van der Waals surface area contributed by atoms with E-state index in [-0.39, 0.29) is 31.1 Å². The van der Waals surface area contributed by atoms with Crippen LogP contribution in [0.1, 0.15) is 303 Å². The van der Waals surface area contributed by atoms with Gasteiger partial charge in [-0.2, -0.15) is 0 Å². The molecule has 0 aliphatic heterocycles. The van der Waals surface area contributed by atoms with Crippen LogP contribution in [0.5, 0.6) is 0 Å².